The number of fused-ring (bicyclic) bond motifs is 1. The molecule has 6 rings (SSSR count). The van der Waals surface area contributed by atoms with E-state index in [0.29, 0.717) is 43.1 Å². The van der Waals surface area contributed by atoms with Gasteiger partial charge in [0.1, 0.15) is 11.9 Å². The molecule has 2 aliphatic rings. The SMILES string of the molecule is NC(=O)c1ccc(-n2nnn(CCCCC3CCCC3)c2=O)cc1.O=S(=O)(O)c1ccc2c(c1)CCC(CNCC(O)c1cccnc1)O2. The zero-order chi connectivity index (χ0) is 34.8. The molecule has 0 radical (unpaired) electrons. The minimum atomic E-state index is -4.20. The molecule has 0 saturated heterocycles. The molecule has 1 amide bonds. The number of nitrogens with two attached hydrogens (primary N) is 1. The monoisotopic (exact) mass is 693 g/mol. The van der Waals surface area contributed by atoms with Crippen LogP contribution in [0, 0.1) is 5.92 Å². The van der Waals surface area contributed by atoms with Gasteiger partial charge in [0.25, 0.3) is 10.1 Å². The van der Waals surface area contributed by atoms with Crippen molar-refractivity contribution in [3.63, 3.8) is 0 Å². The number of aryl methyl sites for hydroxylation is 2. The van der Waals surface area contributed by atoms with Gasteiger partial charge in [-0.2, -0.15) is 17.8 Å². The van der Waals surface area contributed by atoms with Crippen molar-refractivity contribution in [2.24, 2.45) is 11.7 Å². The number of primary amides is 1. The summed E-state index contributed by atoms with van der Waals surface area (Å²) < 4.78 is 40.0. The van der Waals surface area contributed by atoms with Gasteiger partial charge in [0.05, 0.1) is 16.7 Å². The lowest BCUT2D eigenvalue weighted by molar-refractivity contribution is 0.1000. The molecule has 5 N–H and O–H groups in total. The van der Waals surface area contributed by atoms with Crippen molar-refractivity contribution in [1.29, 1.82) is 0 Å². The number of ether oxygens (including phenoxy) is 1. The van der Waals surface area contributed by atoms with Crippen LogP contribution in [0.3, 0.4) is 0 Å². The van der Waals surface area contributed by atoms with Gasteiger partial charge in [-0.3, -0.25) is 14.3 Å². The lowest BCUT2D eigenvalue weighted by atomic mass is 10.0. The molecule has 14 nitrogen and oxygen atoms in total. The summed E-state index contributed by atoms with van der Waals surface area (Å²) in [6.07, 6.45) is 12.7. The number of tetrazole rings is 1. The first-order chi connectivity index (χ1) is 23.6. The molecule has 1 fully saturated rings. The number of carbonyl (C=O) groups is 1. The Bertz CT molecular complexity index is 1840. The van der Waals surface area contributed by atoms with E-state index in [0.717, 1.165) is 36.3 Å². The Morgan fingerprint density at radius 3 is 2.53 bits per heavy atom. The first kappa shape index (κ1) is 35.9. The third-order valence-corrected chi connectivity index (χ3v) is 9.73. The molecule has 262 valence electrons. The normalized spacial score (nSPS) is 16.7. The van der Waals surface area contributed by atoms with Crippen molar-refractivity contribution in [3.05, 3.63) is 94.2 Å². The van der Waals surface area contributed by atoms with Crippen LogP contribution in [0.25, 0.3) is 5.69 Å². The average molecular weight is 694 g/mol. The van der Waals surface area contributed by atoms with E-state index in [1.807, 2.05) is 6.07 Å². The molecule has 0 bridgehead atoms. The summed E-state index contributed by atoms with van der Waals surface area (Å²) in [6, 6.07) is 14.4. The van der Waals surface area contributed by atoms with E-state index in [1.54, 1.807) is 48.8 Å². The van der Waals surface area contributed by atoms with Crippen molar-refractivity contribution in [1.82, 2.24) is 30.1 Å². The number of hydrogen-bond acceptors (Lipinski definition) is 10. The van der Waals surface area contributed by atoms with E-state index < -0.39 is 22.1 Å². The summed E-state index contributed by atoms with van der Waals surface area (Å²) in [4.78, 5) is 27.3. The Labute approximate surface area is 285 Å². The predicted octanol–water partition coefficient (Wildman–Crippen LogP) is 3.23. The van der Waals surface area contributed by atoms with Gasteiger partial charge in [0, 0.05) is 43.2 Å². The second kappa shape index (κ2) is 16.8. The van der Waals surface area contributed by atoms with Gasteiger partial charge in [-0.15, -0.1) is 0 Å². The maximum atomic E-state index is 12.3. The number of nitrogens with one attached hydrogen (secondary N) is 1. The first-order valence-electron chi connectivity index (χ1n) is 16.6. The number of pyridine rings is 1. The Hall–Kier alpha value is -4.44. The standard InChI is InChI=1S/C17H23N5O2.C17H20N2O5S/c18-16(23)14-8-10-15(11-9-14)22-17(24)21(19-20-22)12-4-3-7-13-5-1-2-6-13;20-16(13-2-1-7-18-9-13)11-19-10-14-4-3-12-8-15(25(21,22)23)5-6-17(12)24-14/h8-11,13H,1-7,12H2,(H2,18,23);1-2,5-9,14,16,19-20H,3-4,10-11H2,(H,21,22,23). The van der Waals surface area contributed by atoms with Crippen LogP contribution >= 0.6 is 0 Å². The number of aromatic nitrogens is 5. The second-order valence-electron chi connectivity index (χ2n) is 12.4. The van der Waals surface area contributed by atoms with E-state index in [2.05, 4.69) is 20.7 Å². The molecular weight excluding hydrogens is 650 g/mol. The number of benzene rings is 2. The molecule has 0 spiro atoms. The summed E-state index contributed by atoms with van der Waals surface area (Å²) >= 11 is 0. The van der Waals surface area contributed by atoms with Gasteiger partial charge in [0.15, 0.2) is 0 Å². The summed E-state index contributed by atoms with van der Waals surface area (Å²) in [6.45, 7) is 1.54. The van der Waals surface area contributed by atoms with Crippen molar-refractivity contribution in [2.45, 2.75) is 81.4 Å². The molecule has 1 aliphatic heterocycles. The Morgan fingerprint density at radius 1 is 1.06 bits per heavy atom. The molecule has 2 aromatic carbocycles. The van der Waals surface area contributed by atoms with Crippen molar-refractivity contribution < 1.29 is 27.6 Å². The van der Waals surface area contributed by atoms with Crippen molar-refractivity contribution in [2.75, 3.05) is 13.1 Å². The van der Waals surface area contributed by atoms with Gasteiger partial charge in [-0.1, -0.05) is 44.6 Å². The molecule has 2 unspecified atom stereocenters. The average Bonchev–Trinajstić information content (AvgIpc) is 3.76. The Kier molecular flexibility index (Phi) is 12.3. The van der Waals surface area contributed by atoms with Crippen LogP contribution in [-0.4, -0.2) is 68.0 Å². The highest BCUT2D eigenvalue weighted by Gasteiger charge is 2.22. The maximum Gasteiger partial charge on any atom is 0.368 e. The minimum absolute atomic E-state index is 0.0646. The maximum absolute atomic E-state index is 12.3. The zero-order valence-electron chi connectivity index (χ0n) is 27.2. The highest BCUT2D eigenvalue weighted by atomic mass is 32.2. The second-order valence-corrected chi connectivity index (χ2v) is 13.9. The molecule has 1 saturated carbocycles. The fourth-order valence-corrected chi connectivity index (χ4v) is 6.67. The van der Waals surface area contributed by atoms with Gasteiger partial charge < -0.3 is 20.9 Å². The minimum Gasteiger partial charge on any atom is -0.489 e. The number of rotatable bonds is 13. The lowest BCUT2D eigenvalue weighted by Gasteiger charge is -2.27. The molecular formula is C34H43N7O7S. The van der Waals surface area contributed by atoms with Gasteiger partial charge >= 0.3 is 5.69 Å². The number of unbranched alkanes of at least 4 members (excludes halogenated alkanes) is 1. The van der Waals surface area contributed by atoms with Crippen molar-refractivity contribution in [3.8, 4) is 11.4 Å². The summed E-state index contributed by atoms with van der Waals surface area (Å²) in [5.74, 6) is 0.999. The van der Waals surface area contributed by atoms with Crippen LogP contribution in [0.15, 0.2) is 76.7 Å². The summed E-state index contributed by atoms with van der Waals surface area (Å²) in [5.41, 5.74) is 7.43. The summed E-state index contributed by atoms with van der Waals surface area (Å²) in [7, 11) is -4.20. The van der Waals surface area contributed by atoms with Crippen molar-refractivity contribution >= 4 is 16.0 Å². The van der Waals surface area contributed by atoms with Crippen LogP contribution in [-0.2, 0) is 23.1 Å². The fraction of sp³-hybridized carbons (Fsp3) is 0.441. The lowest BCUT2D eigenvalue weighted by Crippen LogP contribution is -2.36. The number of nitrogens with zero attached hydrogens (tertiary/aromatic N) is 5. The van der Waals surface area contributed by atoms with Gasteiger partial charge in [-0.05, 0) is 89.7 Å². The van der Waals surface area contributed by atoms with E-state index in [9.17, 15) is 23.1 Å². The van der Waals surface area contributed by atoms with Crippen LogP contribution in [0.1, 0.15) is 79.0 Å². The van der Waals surface area contributed by atoms with Gasteiger partial charge in [-0.25, -0.2) is 4.79 Å². The molecule has 3 heterocycles. The fourth-order valence-electron chi connectivity index (χ4n) is 6.13. The topological polar surface area (TPSA) is 205 Å². The highest BCUT2D eigenvalue weighted by Crippen LogP contribution is 2.30. The zero-order valence-corrected chi connectivity index (χ0v) is 28.0. The van der Waals surface area contributed by atoms with Crippen LogP contribution in [0.5, 0.6) is 5.75 Å². The van der Waals surface area contributed by atoms with Crippen LogP contribution in [0.2, 0.25) is 0 Å². The molecule has 15 heteroatoms. The van der Waals surface area contributed by atoms with Gasteiger partial charge in [0.2, 0.25) is 5.91 Å². The number of aliphatic hydroxyl groups is 1. The highest BCUT2D eigenvalue weighted by molar-refractivity contribution is 7.85. The number of hydrogen-bond donors (Lipinski definition) is 4. The van der Waals surface area contributed by atoms with E-state index in [1.165, 1.54) is 53.6 Å². The quantitative estimate of drug-likeness (QED) is 0.118. The van der Waals surface area contributed by atoms with E-state index >= 15 is 0 Å². The largest absolute Gasteiger partial charge is 0.489 e. The molecule has 4 aromatic rings. The smallest absolute Gasteiger partial charge is 0.368 e. The molecule has 2 aromatic heterocycles. The Balaban J connectivity index is 0.000000191. The van der Waals surface area contributed by atoms with Crippen LogP contribution in [0.4, 0.5) is 0 Å². The van der Waals surface area contributed by atoms with E-state index in [4.69, 9.17) is 15.0 Å². The number of aliphatic hydroxyl groups excluding tert-OH is 1. The third-order valence-electron chi connectivity index (χ3n) is 8.88. The van der Waals surface area contributed by atoms with Crippen LogP contribution < -0.4 is 21.5 Å². The predicted molar refractivity (Wildman–Crippen MR) is 181 cm³/mol. The summed E-state index contributed by atoms with van der Waals surface area (Å²) in [5, 5.41) is 21.1. The molecule has 2 atom stereocenters. The molecule has 1 aliphatic carbocycles. The number of carbonyl (C=O) groups excluding carboxylic acids is 1. The third kappa shape index (κ3) is 10.0. The molecule has 49 heavy (non-hydrogen) atoms. The number of amides is 1. The van der Waals surface area contributed by atoms with E-state index in [-0.39, 0.29) is 16.7 Å². The Morgan fingerprint density at radius 2 is 1.84 bits per heavy atom. The first-order valence-corrected chi connectivity index (χ1v) is 18.0.